The molecule has 12 heteroatoms. The maximum Gasteiger partial charge on any atom is 0.310 e. The molecule has 1 N–H and O–H groups in total. The van der Waals surface area contributed by atoms with Gasteiger partial charge >= 0.3 is 10.2 Å². The number of aryl methyl sites for hydroxylation is 1. The Labute approximate surface area is 178 Å². The molecule has 30 heavy (non-hydrogen) atoms. The van der Waals surface area contributed by atoms with Crippen molar-refractivity contribution in [3.05, 3.63) is 52.3 Å². The minimum atomic E-state index is -9.76. The molecular weight excluding hydrogens is 512 g/mol. The highest BCUT2D eigenvalue weighted by molar-refractivity contribution is 9.10. The summed E-state index contributed by atoms with van der Waals surface area (Å²) < 4.78 is 78.6. The van der Waals surface area contributed by atoms with Gasteiger partial charge in [0.05, 0.1) is 5.52 Å². The molecule has 3 rings (SSSR count). The van der Waals surface area contributed by atoms with Crippen LogP contribution in [0, 0.1) is 6.92 Å². The van der Waals surface area contributed by atoms with Crippen LogP contribution in [0.4, 0.5) is 25.2 Å². The summed E-state index contributed by atoms with van der Waals surface area (Å²) in [4.78, 5) is 6.66. The van der Waals surface area contributed by atoms with Crippen molar-refractivity contribution in [3.8, 4) is 0 Å². The van der Waals surface area contributed by atoms with Gasteiger partial charge in [0, 0.05) is 21.7 Å². The van der Waals surface area contributed by atoms with E-state index in [0.717, 1.165) is 6.07 Å². The van der Waals surface area contributed by atoms with E-state index in [1.54, 1.807) is 32.4 Å². The topological polar surface area (TPSA) is 54.9 Å². The van der Waals surface area contributed by atoms with Gasteiger partial charge in [-0.2, -0.15) is 0 Å². The summed E-state index contributed by atoms with van der Waals surface area (Å²) in [6.07, 6.45) is 0. The first-order chi connectivity index (χ1) is 13.4. The molecule has 0 saturated carbocycles. The number of fused-ring (bicyclic) bond motifs is 1. The second kappa shape index (κ2) is 6.64. The van der Waals surface area contributed by atoms with Crippen molar-refractivity contribution in [1.29, 1.82) is 0 Å². The molecule has 0 unspecified atom stereocenters. The monoisotopic (exact) mass is 529 g/mol. The largest absolute Gasteiger partial charge is 0.365 e. The van der Waals surface area contributed by atoms with Crippen molar-refractivity contribution < 1.29 is 24.0 Å². The van der Waals surface area contributed by atoms with Gasteiger partial charge in [-0.1, -0.05) is 31.6 Å². The molecule has 0 saturated heterocycles. The lowest BCUT2D eigenvalue weighted by molar-refractivity contribution is 0.364. The molecule has 1 aromatic heterocycles. The van der Waals surface area contributed by atoms with Crippen LogP contribution in [-0.4, -0.2) is 23.3 Å². The van der Waals surface area contributed by atoms with Gasteiger partial charge < -0.3 is 9.88 Å². The zero-order valence-corrected chi connectivity index (χ0v) is 19.4. The van der Waals surface area contributed by atoms with Gasteiger partial charge in [-0.15, -0.1) is 0 Å². The lowest BCUT2D eigenvalue weighted by atomic mass is 10.2. The van der Waals surface area contributed by atoms with E-state index < -0.39 is 22.3 Å². The van der Waals surface area contributed by atoms with Gasteiger partial charge in [-0.05, 0) is 66.0 Å². The minimum Gasteiger partial charge on any atom is -0.365 e. The van der Waals surface area contributed by atoms with Crippen molar-refractivity contribution >= 4 is 55.3 Å². The van der Waals surface area contributed by atoms with Crippen LogP contribution in [0.1, 0.15) is 11.4 Å². The molecule has 164 valence electrons. The summed E-state index contributed by atoms with van der Waals surface area (Å²) in [5.74, 6) is 0.707. The molecule has 0 radical (unpaired) electrons. The van der Waals surface area contributed by atoms with E-state index in [-0.39, 0.29) is 12.1 Å². The molecule has 0 aliphatic heterocycles. The number of benzene rings is 2. The smallest absolute Gasteiger partial charge is 0.310 e. The number of aromatic nitrogens is 2. The fraction of sp³-hybridized carbons (Fsp3) is 0.222. The second-order valence-corrected chi connectivity index (χ2v) is 13.7. The Morgan fingerprint density at radius 2 is 1.73 bits per heavy atom. The summed E-state index contributed by atoms with van der Waals surface area (Å²) in [7, 11) is -12.4. The van der Waals surface area contributed by atoms with Gasteiger partial charge in [0.1, 0.15) is 23.7 Å². The van der Waals surface area contributed by atoms with Crippen molar-refractivity contribution in [3.63, 3.8) is 0 Å². The highest BCUT2D eigenvalue weighted by atomic mass is 79.9. The predicted octanol–water partition coefficient (Wildman–Crippen LogP) is 7.22. The van der Waals surface area contributed by atoms with E-state index in [4.69, 9.17) is 0 Å². The lowest BCUT2D eigenvalue weighted by Gasteiger charge is -2.40. The summed E-state index contributed by atoms with van der Waals surface area (Å²) in [6, 6.07) is 6.39. The third kappa shape index (κ3) is 5.12. The van der Waals surface area contributed by atoms with Gasteiger partial charge in [-0.3, -0.25) is 0 Å². The molecule has 0 atom stereocenters. The van der Waals surface area contributed by atoms with Crippen LogP contribution in [0.15, 0.2) is 45.8 Å². The van der Waals surface area contributed by atoms with Crippen molar-refractivity contribution in [2.45, 2.75) is 18.4 Å². The number of rotatable bonds is 5. The average molecular weight is 530 g/mol. The summed E-state index contributed by atoms with van der Waals surface area (Å²) in [5, 5.41) is 3.97. The molecule has 4 nitrogen and oxygen atoms in total. The van der Waals surface area contributed by atoms with Crippen molar-refractivity contribution in [2.24, 2.45) is 0 Å². The molecule has 3 aromatic rings. The Balaban J connectivity index is 2.02. The summed E-state index contributed by atoms with van der Waals surface area (Å²) >= 11 is 3.39. The average Bonchev–Trinajstić information content (AvgIpc) is 2.56. The number of hydrogen-bond donors (Lipinski definition) is 1. The number of hydrogen-bond acceptors (Lipinski definition) is 4. The lowest BCUT2D eigenvalue weighted by Crippen LogP contribution is -2.10. The van der Waals surface area contributed by atoms with Crippen LogP contribution < -0.4 is 10.6 Å². The van der Waals surface area contributed by atoms with Crippen LogP contribution in [0.5, 0.6) is 0 Å². The molecule has 0 bridgehead atoms. The van der Waals surface area contributed by atoms with Crippen molar-refractivity contribution in [1.82, 2.24) is 9.97 Å². The van der Waals surface area contributed by atoms with E-state index in [0.29, 0.717) is 44.5 Å². The quantitative estimate of drug-likeness (QED) is 0.280. The molecule has 0 aliphatic carbocycles. The first-order valence-corrected chi connectivity index (χ1v) is 13.9. The zero-order chi connectivity index (χ0) is 22.6. The molecule has 0 aliphatic rings. The first kappa shape index (κ1) is 23.0. The Bertz CT molecular complexity index is 1220. The highest BCUT2D eigenvalue weighted by Gasteiger charge is 2.65. The van der Waals surface area contributed by atoms with Crippen LogP contribution in [-0.2, 0) is 11.1 Å². The van der Waals surface area contributed by atoms with Crippen LogP contribution in [0.2, 0.25) is 0 Å². The summed E-state index contributed by atoms with van der Waals surface area (Å²) in [6.45, 7) is 4.68. The molecule has 0 amide bonds. The van der Waals surface area contributed by atoms with E-state index in [1.165, 1.54) is 6.07 Å². The first-order valence-electron chi connectivity index (χ1n) is 8.54. The van der Waals surface area contributed by atoms with Crippen LogP contribution in [0.25, 0.3) is 10.9 Å². The number of nitrogens with zero attached hydrogens (tertiary/aromatic N) is 2. The Morgan fingerprint density at radius 1 is 1.07 bits per heavy atom. The minimum absolute atomic E-state index is 0.0131. The molecular formula is C18H18BrF5N3OPS. The predicted molar refractivity (Wildman–Crippen MR) is 116 cm³/mol. The SMILES string of the molecule is Cc1nc(NCc2cccc(S(F)(F)(F)(F)F)c2)c2cc(P(C)(C)=O)c(Br)cc2n1. The third-order valence-corrected chi connectivity index (χ3v) is 7.90. The molecule has 1 heterocycles. The maximum absolute atomic E-state index is 13.1. The Morgan fingerprint density at radius 3 is 2.33 bits per heavy atom. The molecule has 0 fully saturated rings. The van der Waals surface area contributed by atoms with Gasteiger partial charge in [0.25, 0.3) is 0 Å². The van der Waals surface area contributed by atoms with E-state index in [2.05, 4.69) is 31.2 Å². The second-order valence-electron chi connectivity index (χ2n) is 7.26. The van der Waals surface area contributed by atoms with E-state index in [1.807, 2.05) is 0 Å². The number of halogens is 6. The number of nitrogens with one attached hydrogen (secondary N) is 1. The summed E-state index contributed by atoms with van der Waals surface area (Å²) in [5.41, 5.74) is 0.550. The van der Waals surface area contributed by atoms with Gasteiger partial charge in [0.2, 0.25) is 0 Å². The van der Waals surface area contributed by atoms with E-state index >= 15 is 0 Å². The fourth-order valence-electron chi connectivity index (χ4n) is 2.88. The standard InChI is InChI=1S/C18H18BrF5N3OPS/c1-11-26-16-9-15(19)17(29(2,3)28)8-14(16)18(27-11)25-10-12-5-4-6-13(7-12)30(20,21,22,23)24/h4-9H,10H2,1-3H3,(H,25,26,27). The zero-order valence-electron chi connectivity index (χ0n) is 16.1. The van der Waals surface area contributed by atoms with Crippen LogP contribution in [0.3, 0.4) is 0 Å². The van der Waals surface area contributed by atoms with Gasteiger partial charge in [-0.25, -0.2) is 9.97 Å². The van der Waals surface area contributed by atoms with E-state index in [9.17, 15) is 24.0 Å². The fourth-order valence-corrected chi connectivity index (χ4v) is 6.22. The third-order valence-electron chi connectivity index (χ3n) is 4.26. The van der Waals surface area contributed by atoms with Crippen molar-refractivity contribution in [2.75, 3.05) is 18.6 Å². The normalized spacial score (nSPS) is 15.0. The highest BCUT2D eigenvalue weighted by Crippen LogP contribution is 3.02. The molecule has 0 spiro atoms. The van der Waals surface area contributed by atoms with Crippen LogP contribution >= 0.6 is 33.3 Å². The molecule has 2 aromatic carbocycles. The van der Waals surface area contributed by atoms with Gasteiger partial charge in [0.15, 0.2) is 0 Å². The maximum atomic E-state index is 13.1. The Hall–Kier alpha value is -1.71. The Kier molecular flexibility index (Phi) is 5.08. The number of anilines is 1.